The number of carbonyl (C=O) groups excluding carboxylic acids is 1. The van der Waals surface area contributed by atoms with Gasteiger partial charge < -0.3 is 4.42 Å². The Kier molecular flexibility index (Phi) is 5.24. The van der Waals surface area contributed by atoms with Crippen molar-refractivity contribution in [3.8, 4) is 11.3 Å². The standard InChI is InChI=1S/C18H14FNO4S2/c1-26(22,23)15-8-4-12(5-9-15)16(21)11-25-18-20-10-17(24-18)13-2-6-14(19)7-3-13/h2-10H,11H2,1H3. The van der Waals surface area contributed by atoms with Gasteiger partial charge in [0.2, 0.25) is 0 Å². The lowest BCUT2D eigenvalue weighted by atomic mass is 10.1. The minimum absolute atomic E-state index is 0.0988. The second kappa shape index (κ2) is 7.43. The Labute approximate surface area is 154 Å². The van der Waals surface area contributed by atoms with Crippen molar-refractivity contribution in [3.63, 3.8) is 0 Å². The second-order valence-corrected chi connectivity index (χ2v) is 8.45. The van der Waals surface area contributed by atoms with Gasteiger partial charge in [-0.2, -0.15) is 0 Å². The van der Waals surface area contributed by atoms with Crippen LogP contribution in [0.15, 0.2) is 69.3 Å². The zero-order valence-corrected chi connectivity index (χ0v) is 15.3. The summed E-state index contributed by atoms with van der Waals surface area (Å²) in [5.41, 5.74) is 1.10. The van der Waals surface area contributed by atoms with Gasteiger partial charge in [0, 0.05) is 17.4 Å². The highest BCUT2D eigenvalue weighted by molar-refractivity contribution is 7.99. The molecule has 0 atom stereocenters. The summed E-state index contributed by atoms with van der Waals surface area (Å²) in [4.78, 5) is 16.5. The number of sulfone groups is 1. The molecule has 1 heterocycles. The van der Waals surface area contributed by atoms with E-state index in [0.29, 0.717) is 22.1 Å². The van der Waals surface area contributed by atoms with Crippen molar-refractivity contribution in [2.45, 2.75) is 10.1 Å². The maximum Gasteiger partial charge on any atom is 0.256 e. The number of nitrogens with zero attached hydrogens (tertiary/aromatic N) is 1. The van der Waals surface area contributed by atoms with Gasteiger partial charge in [0.1, 0.15) is 5.82 Å². The average molecular weight is 391 g/mol. The van der Waals surface area contributed by atoms with E-state index in [1.54, 1.807) is 12.1 Å². The van der Waals surface area contributed by atoms with Crippen molar-refractivity contribution in [3.05, 3.63) is 66.1 Å². The molecule has 0 radical (unpaired) electrons. The van der Waals surface area contributed by atoms with Crippen LogP contribution in [0.5, 0.6) is 0 Å². The molecule has 0 spiro atoms. The molecule has 0 aliphatic rings. The highest BCUT2D eigenvalue weighted by atomic mass is 32.2. The van der Waals surface area contributed by atoms with Gasteiger partial charge >= 0.3 is 0 Å². The van der Waals surface area contributed by atoms with E-state index < -0.39 is 9.84 Å². The summed E-state index contributed by atoms with van der Waals surface area (Å²) in [6.07, 6.45) is 2.63. The number of rotatable bonds is 6. The fourth-order valence-corrected chi connectivity index (χ4v) is 3.50. The van der Waals surface area contributed by atoms with Crippen LogP contribution in [0.2, 0.25) is 0 Å². The summed E-state index contributed by atoms with van der Waals surface area (Å²) in [5, 5.41) is 0.324. The number of carbonyl (C=O) groups is 1. The molecule has 3 aromatic rings. The molecule has 26 heavy (non-hydrogen) atoms. The predicted molar refractivity (Wildman–Crippen MR) is 96.5 cm³/mol. The van der Waals surface area contributed by atoms with Crippen molar-refractivity contribution < 1.29 is 22.0 Å². The first-order valence-electron chi connectivity index (χ1n) is 7.51. The monoisotopic (exact) mass is 391 g/mol. The topological polar surface area (TPSA) is 77.2 Å². The third-order valence-electron chi connectivity index (χ3n) is 3.54. The van der Waals surface area contributed by atoms with E-state index in [1.165, 1.54) is 42.6 Å². The molecule has 3 rings (SSSR count). The van der Waals surface area contributed by atoms with Crippen LogP contribution in [-0.4, -0.2) is 31.2 Å². The smallest absolute Gasteiger partial charge is 0.256 e. The van der Waals surface area contributed by atoms with Crippen LogP contribution in [0, 0.1) is 5.82 Å². The number of thioether (sulfide) groups is 1. The summed E-state index contributed by atoms with van der Waals surface area (Å²) in [6.45, 7) is 0. The molecular formula is C18H14FNO4S2. The van der Waals surface area contributed by atoms with Crippen LogP contribution in [0.1, 0.15) is 10.4 Å². The number of hydrogen-bond donors (Lipinski definition) is 0. The molecule has 1 aromatic heterocycles. The molecule has 0 unspecified atom stereocenters. The first-order chi connectivity index (χ1) is 12.3. The first-order valence-corrected chi connectivity index (χ1v) is 10.4. The van der Waals surface area contributed by atoms with Gasteiger partial charge in [0.15, 0.2) is 21.4 Å². The van der Waals surface area contributed by atoms with E-state index in [-0.39, 0.29) is 22.2 Å². The average Bonchev–Trinajstić information content (AvgIpc) is 3.08. The van der Waals surface area contributed by atoms with Gasteiger partial charge in [-0.1, -0.05) is 23.9 Å². The lowest BCUT2D eigenvalue weighted by Gasteiger charge is -2.01. The van der Waals surface area contributed by atoms with Crippen LogP contribution < -0.4 is 0 Å². The van der Waals surface area contributed by atoms with E-state index in [4.69, 9.17) is 4.42 Å². The van der Waals surface area contributed by atoms with E-state index in [1.807, 2.05) is 0 Å². The third-order valence-corrected chi connectivity index (χ3v) is 5.52. The highest BCUT2D eigenvalue weighted by Crippen LogP contribution is 2.26. The Hall–Kier alpha value is -2.45. The van der Waals surface area contributed by atoms with Crippen molar-refractivity contribution >= 4 is 27.4 Å². The fourth-order valence-electron chi connectivity index (χ4n) is 2.17. The van der Waals surface area contributed by atoms with Gasteiger partial charge in [-0.15, -0.1) is 0 Å². The third kappa shape index (κ3) is 4.39. The van der Waals surface area contributed by atoms with E-state index >= 15 is 0 Å². The normalized spacial score (nSPS) is 11.5. The van der Waals surface area contributed by atoms with Crippen LogP contribution in [0.4, 0.5) is 4.39 Å². The van der Waals surface area contributed by atoms with Gasteiger partial charge in [0.05, 0.1) is 16.8 Å². The molecule has 8 heteroatoms. The van der Waals surface area contributed by atoms with Crippen molar-refractivity contribution in [2.24, 2.45) is 0 Å². The number of ketones is 1. The maximum atomic E-state index is 12.9. The summed E-state index contributed by atoms with van der Waals surface area (Å²) < 4.78 is 41.4. The van der Waals surface area contributed by atoms with Crippen LogP contribution >= 0.6 is 11.8 Å². The quantitative estimate of drug-likeness (QED) is 0.469. The molecule has 5 nitrogen and oxygen atoms in total. The molecule has 0 aliphatic heterocycles. The van der Waals surface area contributed by atoms with Crippen LogP contribution in [0.25, 0.3) is 11.3 Å². The van der Waals surface area contributed by atoms with Crippen LogP contribution in [0.3, 0.4) is 0 Å². The van der Waals surface area contributed by atoms with Crippen molar-refractivity contribution in [1.82, 2.24) is 4.98 Å². The SMILES string of the molecule is CS(=O)(=O)c1ccc(C(=O)CSc2ncc(-c3ccc(F)cc3)o2)cc1. The number of hydrogen-bond acceptors (Lipinski definition) is 6. The zero-order valence-electron chi connectivity index (χ0n) is 13.7. The molecule has 0 N–H and O–H groups in total. The van der Waals surface area contributed by atoms with Gasteiger partial charge in [0.25, 0.3) is 5.22 Å². The highest BCUT2D eigenvalue weighted by Gasteiger charge is 2.13. The molecule has 0 saturated heterocycles. The lowest BCUT2D eigenvalue weighted by molar-refractivity contribution is 0.102. The largest absolute Gasteiger partial charge is 0.431 e. The van der Waals surface area contributed by atoms with Gasteiger partial charge in [-0.05, 0) is 36.4 Å². The lowest BCUT2D eigenvalue weighted by Crippen LogP contribution is -2.03. The second-order valence-electron chi connectivity index (χ2n) is 5.51. The molecule has 0 fully saturated rings. The fraction of sp³-hybridized carbons (Fsp3) is 0.111. The molecule has 0 amide bonds. The predicted octanol–water partition coefficient (Wildman–Crippen LogP) is 3.86. The van der Waals surface area contributed by atoms with E-state index in [0.717, 1.165) is 18.0 Å². The minimum Gasteiger partial charge on any atom is -0.431 e. The zero-order chi connectivity index (χ0) is 18.7. The van der Waals surface area contributed by atoms with Crippen molar-refractivity contribution in [1.29, 1.82) is 0 Å². The van der Waals surface area contributed by atoms with Crippen LogP contribution in [-0.2, 0) is 9.84 Å². The van der Waals surface area contributed by atoms with Crippen molar-refractivity contribution in [2.75, 3.05) is 12.0 Å². The Morgan fingerprint density at radius 1 is 1.12 bits per heavy atom. The molecule has 0 bridgehead atoms. The van der Waals surface area contributed by atoms with Gasteiger partial charge in [-0.3, -0.25) is 4.79 Å². The summed E-state index contributed by atoms with van der Waals surface area (Å²) >= 11 is 1.13. The summed E-state index contributed by atoms with van der Waals surface area (Å²) in [5.74, 6) is 0.0751. The number of aromatic nitrogens is 1. The van der Waals surface area contributed by atoms with E-state index in [9.17, 15) is 17.6 Å². The van der Waals surface area contributed by atoms with Gasteiger partial charge in [-0.25, -0.2) is 17.8 Å². The Morgan fingerprint density at radius 2 is 1.77 bits per heavy atom. The van der Waals surface area contributed by atoms with E-state index in [2.05, 4.69) is 4.98 Å². The molecule has 0 aliphatic carbocycles. The summed E-state index contributed by atoms with van der Waals surface area (Å²) in [6, 6.07) is 11.6. The number of Topliss-reactive ketones (excluding diaryl/α,β-unsaturated/α-hetero) is 1. The number of benzene rings is 2. The minimum atomic E-state index is -3.29. The Bertz CT molecular complexity index is 1030. The molecule has 2 aromatic carbocycles. The Balaban J connectivity index is 1.64. The number of halogens is 1. The first kappa shape index (κ1) is 18.3. The Morgan fingerprint density at radius 3 is 2.38 bits per heavy atom. The molecular weight excluding hydrogens is 377 g/mol. The maximum absolute atomic E-state index is 12.9. The number of oxazole rings is 1. The molecule has 0 saturated carbocycles. The molecule has 134 valence electrons. The summed E-state index contributed by atoms with van der Waals surface area (Å²) in [7, 11) is -3.29.